The number of anilines is 2. The van der Waals surface area contributed by atoms with E-state index in [1.54, 1.807) is 18.3 Å². The third-order valence-corrected chi connectivity index (χ3v) is 5.00. The van der Waals surface area contributed by atoms with Crippen LogP contribution < -0.4 is 14.5 Å². The number of halogens is 1. The number of pyridine rings is 1. The van der Waals surface area contributed by atoms with Crippen LogP contribution in [0, 0.1) is 0 Å². The molecule has 0 unspecified atom stereocenters. The van der Waals surface area contributed by atoms with Crippen LogP contribution in [0.4, 0.5) is 15.8 Å². The van der Waals surface area contributed by atoms with E-state index in [0.717, 1.165) is 37.6 Å². The molecule has 0 radical (unpaired) electrons. The average molecular weight is 414 g/mol. The van der Waals surface area contributed by atoms with Gasteiger partial charge in [0.2, 0.25) is 6.86 Å². The summed E-state index contributed by atoms with van der Waals surface area (Å²) in [5, 5.41) is 0. The molecule has 4 rings (SSSR count). The number of hydrogen-bond acceptors (Lipinski definition) is 5. The average Bonchev–Trinajstić information content (AvgIpc) is 2.82. The van der Waals surface area contributed by atoms with Gasteiger partial charge in [0.15, 0.2) is 5.78 Å². The zero-order valence-corrected chi connectivity index (χ0v) is 16.4. The van der Waals surface area contributed by atoms with Crippen molar-refractivity contribution >= 4 is 17.2 Å². The van der Waals surface area contributed by atoms with Gasteiger partial charge in [-0.15, -0.1) is 0 Å². The number of rotatable bonds is 7. The zero-order valence-electron chi connectivity index (χ0n) is 20.4. The lowest BCUT2D eigenvalue weighted by atomic mass is 10.0. The Labute approximate surface area is 181 Å². The normalized spacial score (nSPS) is 15.8. The third-order valence-electron chi connectivity index (χ3n) is 5.00. The Hall–Kier alpha value is -3.41. The molecule has 3 aromatic rings. The van der Waals surface area contributed by atoms with Crippen LogP contribution in [0.2, 0.25) is 0 Å². The molecule has 1 aliphatic heterocycles. The second-order valence-corrected chi connectivity index (χ2v) is 6.87. The van der Waals surface area contributed by atoms with E-state index >= 15 is 0 Å². The minimum Gasteiger partial charge on any atom is -0.463 e. The van der Waals surface area contributed by atoms with Crippen molar-refractivity contribution < 1.29 is 19.4 Å². The number of hydrogen-bond donors (Lipinski definition) is 0. The predicted octanol–water partition coefficient (Wildman–Crippen LogP) is 4.14. The Balaban J connectivity index is 1.48. The smallest absolute Gasteiger partial charge is 0.228 e. The molecule has 30 heavy (non-hydrogen) atoms. The molecule has 5 nitrogen and oxygen atoms in total. The van der Waals surface area contributed by atoms with Crippen molar-refractivity contribution in [3.05, 3.63) is 84.1 Å². The number of benzene rings is 2. The van der Waals surface area contributed by atoms with Crippen molar-refractivity contribution in [3.63, 3.8) is 0 Å². The Bertz CT molecular complexity index is 1140. The maximum Gasteiger partial charge on any atom is 0.228 e. The first-order chi connectivity index (χ1) is 16.4. The summed E-state index contributed by atoms with van der Waals surface area (Å²) in [5.74, 6) is -0.536. The first-order valence-corrected chi connectivity index (χ1v) is 9.70. The van der Waals surface area contributed by atoms with Gasteiger partial charge in [-0.3, -0.25) is 9.78 Å². The standard InChI is InChI=1S/C24H24FN3O2/c25-18-30-23-9-5-20(6-10-23)24(29)16-19-3-7-21(8-4-19)27-12-14-28(15-13-27)22-2-1-11-26-17-22/h1-11,17H,12-16,18H2/i3T,4T,5T,6T. The van der Waals surface area contributed by atoms with Crippen LogP contribution >= 0.6 is 0 Å². The number of Topliss-reactive ketones (excluding diaryl/α,β-unsaturated/α-hetero) is 1. The molecule has 1 fully saturated rings. The van der Waals surface area contributed by atoms with E-state index < -0.39 is 12.6 Å². The lowest BCUT2D eigenvalue weighted by Gasteiger charge is -2.37. The Morgan fingerprint density at radius 1 is 1.00 bits per heavy atom. The van der Waals surface area contributed by atoms with Gasteiger partial charge in [-0.05, 0) is 54.0 Å². The topological polar surface area (TPSA) is 45.7 Å². The number of nitrogens with zero attached hydrogens (tertiary/aromatic N) is 3. The first kappa shape index (κ1) is 15.4. The molecule has 0 bridgehead atoms. The third kappa shape index (κ3) is 4.76. The van der Waals surface area contributed by atoms with Gasteiger partial charge >= 0.3 is 0 Å². The highest BCUT2D eigenvalue weighted by molar-refractivity contribution is 5.97. The molecule has 0 amide bonds. The molecule has 2 heterocycles. The van der Waals surface area contributed by atoms with Gasteiger partial charge in [-0.2, -0.15) is 0 Å². The van der Waals surface area contributed by atoms with Crippen LogP contribution in [0.15, 0.2) is 73.0 Å². The number of piperazine rings is 1. The molecule has 0 N–H and O–H groups in total. The van der Waals surface area contributed by atoms with E-state index in [1.165, 1.54) is 12.1 Å². The Kier molecular flexibility index (Phi) is 4.83. The lowest BCUT2D eigenvalue weighted by molar-refractivity contribution is 0.0993. The summed E-state index contributed by atoms with van der Waals surface area (Å²) in [6.07, 6.45) is 3.30. The number of alkyl halides is 1. The minimum atomic E-state index is -1.10. The van der Waals surface area contributed by atoms with Crippen molar-refractivity contribution in [2.24, 2.45) is 0 Å². The summed E-state index contributed by atoms with van der Waals surface area (Å²) in [7, 11) is 0. The maximum absolute atomic E-state index is 12.8. The van der Waals surface area contributed by atoms with Gasteiger partial charge < -0.3 is 14.5 Å². The molecule has 0 aliphatic carbocycles. The van der Waals surface area contributed by atoms with Gasteiger partial charge in [0, 0.05) is 50.0 Å². The summed E-state index contributed by atoms with van der Waals surface area (Å²) in [6.45, 7) is 1.93. The first-order valence-electron chi connectivity index (χ1n) is 11.7. The molecule has 6 heteroatoms. The summed E-state index contributed by atoms with van der Waals surface area (Å²) in [5.41, 5.74) is 1.92. The Morgan fingerprint density at radius 2 is 1.67 bits per heavy atom. The zero-order chi connectivity index (χ0) is 24.2. The molecule has 1 aromatic heterocycles. The van der Waals surface area contributed by atoms with Crippen LogP contribution in [0.25, 0.3) is 0 Å². The van der Waals surface area contributed by atoms with Crippen LogP contribution in [0.5, 0.6) is 5.75 Å². The van der Waals surface area contributed by atoms with Crippen molar-refractivity contribution in [1.82, 2.24) is 4.98 Å². The van der Waals surface area contributed by atoms with E-state index in [0.29, 0.717) is 0 Å². The molecule has 2 aromatic carbocycles. The van der Waals surface area contributed by atoms with E-state index in [1.807, 2.05) is 18.3 Å². The number of carbonyl (C=O) groups is 1. The van der Waals surface area contributed by atoms with E-state index in [9.17, 15) is 9.18 Å². The Morgan fingerprint density at radius 3 is 2.27 bits per heavy atom. The fourth-order valence-electron chi connectivity index (χ4n) is 3.38. The molecule has 0 atom stereocenters. The van der Waals surface area contributed by atoms with Crippen molar-refractivity contribution in [3.8, 4) is 5.75 Å². The second kappa shape index (κ2) is 9.39. The number of carbonyl (C=O) groups excluding carboxylic acids is 1. The molecular weight excluding hydrogens is 381 g/mol. The molecule has 154 valence electrons. The molecule has 0 spiro atoms. The quantitative estimate of drug-likeness (QED) is 0.545. The van der Waals surface area contributed by atoms with Crippen LogP contribution in [-0.4, -0.2) is 43.8 Å². The summed E-state index contributed by atoms with van der Waals surface area (Å²) in [4.78, 5) is 21.4. The largest absolute Gasteiger partial charge is 0.463 e. The monoisotopic (exact) mass is 413 g/mol. The summed E-state index contributed by atoms with van der Waals surface area (Å²) in [6, 6.07) is 9.24. The van der Waals surface area contributed by atoms with E-state index in [4.69, 9.17) is 5.48 Å². The summed E-state index contributed by atoms with van der Waals surface area (Å²) < 4.78 is 50.0. The number of ketones is 1. The van der Waals surface area contributed by atoms with E-state index in [-0.39, 0.29) is 47.5 Å². The highest BCUT2D eigenvalue weighted by Crippen LogP contribution is 2.21. The highest BCUT2D eigenvalue weighted by Gasteiger charge is 2.17. The predicted molar refractivity (Wildman–Crippen MR) is 116 cm³/mol. The molecule has 1 saturated heterocycles. The van der Waals surface area contributed by atoms with Gasteiger partial charge in [-0.25, -0.2) is 4.39 Å². The molecule has 0 saturated carbocycles. The fourth-order valence-corrected chi connectivity index (χ4v) is 3.38. The van der Waals surface area contributed by atoms with Gasteiger partial charge in [-0.1, -0.05) is 12.1 Å². The van der Waals surface area contributed by atoms with Crippen molar-refractivity contribution in [1.29, 1.82) is 0 Å². The number of ether oxygens (including phenoxy) is 1. The maximum atomic E-state index is 12.8. The second-order valence-electron chi connectivity index (χ2n) is 6.87. The highest BCUT2D eigenvalue weighted by atomic mass is 19.1. The molecular formula is C24H24FN3O2. The van der Waals surface area contributed by atoms with Crippen molar-refractivity contribution in [2.75, 3.05) is 42.8 Å². The minimum absolute atomic E-state index is 0.00406. The molecule has 1 aliphatic rings. The summed E-state index contributed by atoms with van der Waals surface area (Å²) >= 11 is 0. The van der Waals surface area contributed by atoms with Gasteiger partial charge in [0.05, 0.1) is 17.4 Å². The SMILES string of the molecule is [3H]c1cc(N2CCN(c3cccnc3)CC2)cc([3H])c1CC(=O)c1c([3H])cc(OCF)cc1[3H]. The van der Waals surface area contributed by atoms with E-state index in [2.05, 4.69) is 19.5 Å². The van der Waals surface area contributed by atoms with Crippen LogP contribution in [-0.2, 0) is 6.42 Å². The van der Waals surface area contributed by atoms with Crippen LogP contribution in [0.3, 0.4) is 0 Å². The number of aromatic nitrogens is 1. The fraction of sp³-hybridized carbons (Fsp3) is 0.250. The van der Waals surface area contributed by atoms with Crippen molar-refractivity contribution in [2.45, 2.75) is 6.42 Å². The van der Waals surface area contributed by atoms with Crippen LogP contribution in [0.1, 0.15) is 21.4 Å². The lowest BCUT2D eigenvalue weighted by Crippen LogP contribution is -2.46. The van der Waals surface area contributed by atoms with Gasteiger partial charge in [0.1, 0.15) is 5.75 Å². The van der Waals surface area contributed by atoms with Gasteiger partial charge in [0.25, 0.3) is 0 Å².